The number of nitrogens with one attached hydrogen (secondary N) is 1. The topological polar surface area (TPSA) is 54.2 Å². The summed E-state index contributed by atoms with van der Waals surface area (Å²) in [5.74, 6) is -0.533. The lowest BCUT2D eigenvalue weighted by atomic mass is 10.0. The number of nitrogens with zero attached hydrogens (tertiary/aromatic N) is 3. The Balaban J connectivity index is 1.63. The molecule has 0 unspecified atom stereocenters. The first-order valence-corrected chi connectivity index (χ1v) is 8.33. The SMILES string of the molecule is CCc1nc(CN[C@@H]2CN(Cc3ccccc3)C[C@H]2C(F)(F)F)no1. The molecule has 8 heteroatoms. The molecule has 0 spiro atoms. The van der Waals surface area contributed by atoms with Crippen LogP contribution in [-0.4, -0.2) is 40.3 Å². The monoisotopic (exact) mass is 354 g/mol. The molecular weight excluding hydrogens is 333 g/mol. The van der Waals surface area contributed by atoms with Gasteiger partial charge in [-0.3, -0.25) is 4.90 Å². The lowest BCUT2D eigenvalue weighted by molar-refractivity contribution is -0.175. The summed E-state index contributed by atoms with van der Waals surface area (Å²) in [6.07, 6.45) is -3.64. The first kappa shape index (κ1) is 17.9. The van der Waals surface area contributed by atoms with Gasteiger partial charge >= 0.3 is 6.18 Å². The number of hydrogen-bond acceptors (Lipinski definition) is 5. The first-order valence-electron chi connectivity index (χ1n) is 8.33. The van der Waals surface area contributed by atoms with Crippen LogP contribution in [0.25, 0.3) is 0 Å². The largest absolute Gasteiger partial charge is 0.394 e. The van der Waals surface area contributed by atoms with Crippen LogP contribution in [0.2, 0.25) is 0 Å². The van der Waals surface area contributed by atoms with Crippen LogP contribution in [0, 0.1) is 5.92 Å². The predicted octanol–water partition coefficient (Wildman–Crippen LogP) is 2.78. The fourth-order valence-electron chi connectivity index (χ4n) is 3.12. The van der Waals surface area contributed by atoms with E-state index in [0.29, 0.717) is 31.2 Å². The first-order chi connectivity index (χ1) is 12.0. The molecule has 0 amide bonds. The van der Waals surface area contributed by atoms with Gasteiger partial charge < -0.3 is 9.84 Å². The Bertz CT molecular complexity index is 674. The molecule has 1 aromatic carbocycles. The van der Waals surface area contributed by atoms with E-state index in [4.69, 9.17) is 4.52 Å². The van der Waals surface area contributed by atoms with E-state index in [1.807, 2.05) is 42.2 Å². The maximum atomic E-state index is 13.4. The van der Waals surface area contributed by atoms with Gasteiger partial charge in [-0.1, -0.05) is 42.4 Å². The molecule has 1 saturated heterocycles. The van der Waals surface area contributed by atoms with Crippen molar-refractivity contribution in [1.29, 1.82) is 0 Å². The molecule has 5 nitrogen and oxygen atoms in total. The summed E-state index contributed by atoms with van der Waals surface area (Å²) in [6.45, 7) is 2.87. The molecule has 1 fully saturated rings. The standard InChI is InChI=1S/C17H21F3N4O/c1-2-16-22-15(23-25-16)8-21-14-11-24(10-13(14)17(18,19)20)9-12-6-4-3-5-7-12/h3-7,13-14,21H,2,8-11H2,1H3/t13-,14-/m1/s1. The van der Waals surface area contributed by atoms with Gasteiger partial charge in [0, 0.05) is 32.1 Å². The zero-order chi connectivity index (χ0) is 17.9. The molecular formula is C17H21F3N4O. The van der Waals surface area contributed by atoms with E-state index in [9.17, 15) is 13.2 Å². The number of halogens is 3. The Labute approximate surface area is 144 Å². The maximum Gasteiger partial charge on any atom is 0.394 e. The number of hydrogen-bond donors (Lipinski definition) is 1. The summed E-state index contributed by atoms with van der Waals surface area (Å²) in [4.78, 5) is 5.96. The van der Waals surface area contributed by atoms with Crippen LogP contribution in [-0.2, 0) is 19.5 Å². The average Bonchev–Trinajstić information content (AvgIpc) is 3.20. The molecule has 0 aliphatic carbocycles. The highest BCUT2D eigenvalue weighted by molar-refractivity contribution is 5.15. The molecule has 25 heavy (non-hydrogen) atoms. The van der Waals surface area contributed by atoms with Gasteiger partial charge in [0.05, 0.1) is 12.5 Å². The van der Waals surface area contributed by atoms with Crippen molar-refractivity contribution in [3.05, 3.63) is 47.6 Å². The Hall–Kier alpha value is -1.93. The summed E-state index contributed by atoms with van der Waals surface area (Å²) >= 11 is 0. The van der Waals surface area contributed by atoms with Crippen molar-refractivity contribution in [2.75, 3.05) is 13.1 Å². The third-order valence-electron chi connectivity index (χ3n) is 4.40. The number of likely N-dealkylation sites (tertiary alicyclic amines) is 1. The Morgan fingerprint density at radius 2 is 2.00 bits per heavy atom. The van der Waals surface area contributed by atoms with Crippen molar-refractivity contribution in [1.82, 2.24) is 20.4 Å². The molecule has 1 N–H and O–H groups in total. The van der Waals surface area contributed by atoms with Crippen LogP contribution in [0.1, 0.15) is 24.2 Å². The summed E-state index contributed by atoms with van der Waals surface area (Å²) < 4.78 is 45.2. The lowest BCUT2D eigenvalue weighted by Gasteiger charge is -2.21. The van der Waals surface area contributed by atoms with E-state index >= 15 is 0 Å². The van der Waals surface area contributed by atoms with Crippen LogP contribution < -0.4 is 5.32 Å². The number of aryl methyl sites for hydroxylation is 1. The molecule has 2 atom stereocenters. The van der Waals surface area contributed by atoms with Gasteiger partial charge in [-0.25, -0.2) is 0 Å². The van der Waals surface area contributed by atoms with Crippen molar-refractivity contribution in [3.63, 3.8) is 0 Å². The normalized spacial score (nSPS) is 21.8. The summed E-state index contributed by atoms with van der Waals surface area (Å²) in [5.41, 5.74) is 1.01. The lowest BCUT2D eigenvalue weighted by Crippen LogP contribution is -2.42. The molecule has 0 radical (unpaired) electrons. The van der Waals surface area contributed by atoms with Crippen LogP contribution >= 0.6 is 0 Å². The van der Waals surface area contributed by atoms with Crippen LogP contribution in [0.15, 0.2) is 34.9 Å². The van der Waals surface area contributed by atoms with Crippen molar-refractivity contribution < 1.29 is 17.7 Å². The van der Waals surface area contributed by atoms with Gasteiger partial charge in [-0.15, -0.1) is 0 Å². The molecule has 0 bridgehead atoms. The minimum Gasteiger partial charge on any atom is -0.339 e. The molecule has 3 rings (SSSR count). The quantitative estimate of drug-likeness (QED) is 0.865. The van der Waals surface area contributed by atoms with Crippen LogP contribution in [0.5, 0.6) is 0 Å². The van der Waals surface area contributed by atoms with E-state index in [1.165, 1.54) is 0 Å². The second-order valence-corrected chi connectivity index (χ2v) is 6.27. The second kappa shape index (κ2) is 7.53. The van der Waals surface area contributed by atoms with E-state index in [0.717, 1.165) is 5.56 Å². The molecule has 136 valence electrons. The summed E-state index contributed by atoms with van der Waals surface area (Å²) in [5, 5.41) is 6.74. The maximum absolute atomic E-state index is 13.4. The van der Waals surface area contributed by atoms with Crippen molar-refractivity contribution in [2.45, 2.75) is 38.7 Å². The zero-order valence-electron chi connectivity index (χ0n) is 14.0. The van der Waals surface area contributed by atoms with Crippen molar-refractivity contribution in [3.8, 4) is 0 Å². The molecule has 1 aliphatic heterocycles. The Kier molecular flexibility index (Phi) is 5.39. The van der Waals surface area contributed by atoms with Gasteiger partial charge in [-0.2, -0.15) is 18.2 Å². The fourth-order valence-corrected chi connectivity index (χ4v) is 3.12. The predicted molar refractivity (Wildman–Crippen MR) is 85.6 cm³/mol. The van der Waals surface area contributed by atoms with Gasteiger partial charge in [-0.05, 0) is 5.56 Å². The minimum atomic E-state index is -4.24. The molecule has 0 saturated carbocycles. The Morgan fingerprint density at radius 1 is 1.24 bits per heavy atom. The van der Waals surface area contributed by atoms with Gasteiger partial charge in [0.25, 0.3) is 0 Å². The molecule has 2 heterocycles. The fraction of sp³-hybridized carbons (Fsp3) is 0.529. The van der Waals surface area contributed by atoms with Crippen LogP contribution in [0.3, 0.4) is 0 Å². The summed E-state index contributed by atoms with van der Waals surface area (Å²) in [7, 11) is 0. The third-order valence-corrected chi connectivity index (χ3v) is 4.40. The minimum absolute atomic E-state index is 0.0114. The smallest absolute Gasteiger partial charge is 0.339 e. The number of benzene rings is 1. The zero-order valence-corrected chi connectivity index (χ0v) is 14.0. The van der Waals surface area contributed by atoms with Gasteiger partial charge in [0.15, 0.2) is 5.82 Å². The van der Waals surface area contributed by atoms with Crippen molar-refractivity contribution in [2.24, 2.45) is 5.92 Å². The van der Waals surface area contributed by atoms with Gasteiger partial charge in [0.2, 0.25) is 5.89 Å². The van der Waals surface area contributed by atoms with E-state index in [2.05, 4.69) is 15.5 Å². The molecule has 2 aromatic rings. The number of alkyl halides is 3. The number of aromatic nitrogens is 2. The summed E-state index contributed by atoms with van der Waals surface area (Å²) in [6, 6.07) is 8.84. The second-order valence-electron chi connectivity index (χ2n) is 6.27. The molecule has 1 aromatic heterocycles. The highest BCUT2D eigenvalue weighted by Crippen LogP contribution is 2.34. The highest BCUT2D eigenvalue weighted by atomic mass is 19.4. The van der Waals surface area contributed by atoms with Crippen LogP contribution in [0.4, 0.5) is 13.2 Å². The highest BCUT2D eigenvalue weighted by Gasteiger charge is 2.49. The van der Waals surface area contributed by atoms with E-state index < -0.39 is 18.1 Å². The average molecular weight is 354 g/mol. The Morgan fingerprint density at radius 3 is 2.64 bits per heavy atom. The number of rotatable bonds is 6. The van der Waals surface area contributed by atoms with Crippen molar-refractivity contribution >= 4 is 0 Å². The van der Waals surface area contributed by atoms with E-state index in [-0.39, 0.29) is 13.1 Å². The third kappa shape index (κ3) is 4.58. The molecule has 1 aliphatic rings. The van der Waals surface area contributed by atoms with Gasteiger partial charge in [0.1, 0.15) is 0 Å². The van der Waals surface area contributed by atoms with E-state index in [1.54, 1.807) is 0 Å².